The molecule has 21 heavy (non-hydrogen) atoms. The summed E-state index contributed by atoms with van der Waals surface area (Å²) in [4.78, 5) is 4.32. The van der Waals surface area contributed by atoms with E-state index in [4.69, 9.17) is 0 Å². The van der Waals surface area contributed by atoms with Gasteiger partial charge >= 0.3 is 0 Å². The molecule has 0 radical (unpaired) electrons. The van der Waals surface area contributed by atoms with Crippen LogP contribution in [0.1, 0.15) is 51.3 Å². The third-order valence-electron chi connectivity index (χ3n) is 5.24. The fraction of sp³-hybridized carbons (Fsp3) is 0.933. The van der Waals surface area contributed by atoms with Crippen LogP contribution < -0.4 is 5.32 Å². The topological polar surface area (TPSA) is 58.9 Å². The molecule has 1 aliphatic carbocycles. The van der Waals surface area contributed by atoms with Crippen LogP contribution >= 0.6 is 0 Å². The smallest absolute Gasteiger partial charge is 0.176 e. The van der Waals surface area contributed by atoms with E-state index in [1.54, 1.807) is 4.80 Å². The Morgan fingerprint density at radius 3 is 2.48 bits per heavy atom. The van der Waals surface area contributed by atoms with Gasteiger partial charge in [0.1, 0.15) is 0 Å². The molecule has 0 aromatic carbocycles. The van der Waals surface area contributed by atoms with Gasteiger partial charge in [0.05, 0.1) is 7.05 Å². The van der Waals surface area contributed by atoms with Crippen LogP contribution in [0.3, 0.4) is 0 Å². The largest absolute Gasteiger partial charge is 0.312 e. The molecule has 0 bridgehead atoms. The van der Waals surface area contributed by atoms with Crippen LogP contribution in [0, 0.1) is 0 Å². The maximum Gasteiger partial charge on any atom is 0.176 e. The second-order valence-electron chi connectivity index (χ2n) is 6.51. The molecule has 0 amide bonds. The number of nitrogens with zero attached hydrogens (tertiary/aromatic N) is 5. The highest BCUT2D eigenvalue weighted by Crippen LogP contribution is 2.40. The number of hydrogen-bond donors (Lipinski definition) is 1. The molecule has 1 saturated carbocycles. The monoisotopic (exact) mass is 292 g/mol. The van der Waals surface area contributed by atoms with E-state index in [1.165, 1.54) is 51.6 Å². The summed E-state index contributed by atoms with van der Waals surface area (Å²) in [5, 5.41) is 16.3. The lowest BCUT2D eigenvalue weighted by Crippen LogP contribution is -2.60. The van der Waals surface area contributed by atoms with Crippen molar-refractivity contribution in [1.82, 2.24) is 30.4 Å². The molecule has 2 fully saturated rings. The van der Waals surface area contributed by atoms with Crippen molar-refractivity contribution in [3.8, 4) is 0 Å². The number of hydrogen-bond acceptors (Lipinski definition) is 5. The van der Waals surface area contributed by atoms with E-state index in [2.05, 4.69) is 32.6 Å². The predicted octanol–water partition coefficient (Wildman–Crippen LogP) is 1.14. The van der Waals surface area contributed by atoms with Crippen molar-refractivity contribution in [2.24, 2.45) is 7.05 Å². The Balaban J connectivity index is 1.81. The lowest BCUT2D eigenvalue weighted by Gasteiger charge is -2.45. The molecule has 2 aliphatic rings. The number of nitrogens with one attached hydrogen (secondary N) is 1. The van der Waals surface area contributed by atoms with Crippen molar-refractivity contribution in [1.29, 1.82) is 0 Å². The summed E-state index contributed by atoms with van der Waals surface area (Å²) in [6.07, 6.45) is 8.92. The standard InChI is InChI=1S/C15H28N6/c1-3-16-13(12-14-17-19-20(2)18-14)15(8-4-5-9-15)21-10-6-7-11-21/h13,16H,3-12H2,1-2H3. The summed E-state index contributed by atoms with van der Waals surface area (Å²) in [5.41, 5.74) is 0.311. The Morgan fingerprint density at radius 1 is 1.19 bits per heavy atom. The van der Waals surface area contributed by atoms with Gasteiger partial charge in [0.15, 0.2) is 5.82 Å². The molecule has 3 rings (SSSR count). The van der Waals surface area contributed by atoms with Gasteiger partial charge in [0.2, 0.25) is 0 Å². The quantitative estimate of drug-likeness (QED) is 0.852. The molecule has 2 heterocycles. The van der Waals surface area contributed by atoms with E-state index in [0.717, 1.165) is 18.8 Å². The normalized spacial score (nSPS) is 23.7. The molecular weight excluding hydrogens is 264 g/mol. The molecule has 1 saturated heterocycles. The van der Waals surface area contributed by atoms with E-state index in [9.17, 15) is 0 Å². The molecule has 1 aromatic rings. The highest BCUT2D eigenvalue weighted by atomic mass is 15.6. The van der Waals surface area contributed by atoms with E-state index in [1.807, 2.05) is 7.05 Å². The molecule has 0 spiro atoms. The first-order valence-electron chi connectivity index (χ1n) is 8.46. The maximum atomic E-state index is 4.40. The number of aromatic nitrogens is 4. The zero-order chi connectivity index (χ0) is 14.7. The fourth-order valence-corrected chi connectivity index (χ4v) is 4.32. The summed E-state index contributed by atoms with van der Waals surface area (Å²) in [6, 6.07) is 0.437. The van der Waals surface area contributed by atoms with E-state index in [-0.39, 0.29) is 0 Å². The van der Waals surface area contributed by atoms with E-state index >= 15 is 0 Å². The third-order valence-corrected chi connectivity index (χ3v) is 5.24. The molecule has 1 atom stereocenters. The zero-order valence-corrected chi connectivity index (χ0v) is 13.4. The van der Waals surface area contributed by atoms with Gasteiger partial charge in [-0.2, -0.15) is 4.80 Å². The van der Waals surface area contributed by atoms with Gasteiger partial charge in [-0.25, -0.2) is 0 Å². The van der Waals surface area contributed by atoms with Crippen LogP contribution in [0.2, 0.25) is 0 Å². The van der Waals surface area contributed by atoms with E-state index in [0.29, 0.717) is 11.6 Å². The Hall–Kier alpha value is -1.01. The van der Waals surface area contributed by atoms with Crippen molar-refractivity contribution < 1.29 is 0 Å². The molecule has 1 N–H and O–H groups in total. The van der Waals surface area contributed by atoms with Crippen molar-refractivity contribution in [3.05, 3.63) is 5.82 Å². The molecule has 1 aliphatic heterocycles. The van der Waals surface area contributed by atoms with Crippen LogP contribution in [0.15, 0.2) is 0 Å². The summed E-state index contributed by atoms with van der Waals surface area (Å²) in [7, 11) is 1.84. The summed E-state index contributed by atoms with van der Waals surface area (Å²) in [6.45, 7) is 5.72. The van der Waals surface area contributed by atoms with Gasteiger partial charge in [-0.05, 0) is 50.5 Å². The molecule has 1 aromatic heterocycles. The first kappa shape index (κ1) is 14.9. The van der Waals surface area contributed by atoms with Crippen LogP contribution in [0.4, 0.5) is 0 Å². The molecule has 6 heteroatoms. The van der Waals surface area contributed by atoms with Crippen molar-refractivity contribution >= 4 is 0 Å². The maximum absolute atomic E-state index is 4.40. The first-order chi connectivity index (χ1) is 10.2. The second-order valence-corrected chi connectivity index (χ2v) is 6.51. The fourth-order valence-electron chi connectivity index (χ4n) is 4.32. The minimum absolute atomic E-state index is 0.311. The number of likely N-dealkylation sites (N-methyl/N-ethyl adjacent to an activating group) is 1. The van der Waals surface area contributed by atoms with Crippen molar-refractivity contribution in [2.45, 2.75) is 63.5 Å². The molecule has 1 unspecified atom stereocenters. The number of rotatable bonds is 6. The third kappa shape index (κ3) is 2.97. The Morgan fingerprint density at radius 2 is 1.90 bits per heavy atom. The average Bonchev–Trinajstić information content (AvgIpc) is 3.20. The van der Waals surface area contributed by atoms with E-state index < -0.39 is 0 Å². The van der Waals surface area contributed by atoms with Crippen LogP contribution in [-0.4, -0.2) is 56.3 Å². The van der Waals surface area contributed by atoms with Crippen molar-refractivity contribution in [3.63, 3.8) is 0 Å². The molecular formula is C15H28N6. The number of aryl methyl sites for hydroxylation is 1. The summed E-state index contributed by atoms with van der Waals surface area (Å²) < 4.78 is 0. The Kier molecular flexibility index (Phi) is 4.54. The minimum Gasteiger partial charge on any atom is -0.312 e. The Bertz CT molecular complexity index is 445. The Labute approximate surface area is 127 Å². The number of tetrazole rings is 1. The SMILES string of the molecule is CCNC(Cc1nnn(C)n1)C1(N2CCCC2)CCCC1. The van der Waals surface area contributed by atoms with Gasteiger partial charge < -0.3 is 5.32 Å². The average molecular weight is 292 g/mol. The highest BCUT2D eigenvalue weighted by Gasteiger charge is 2.46. The zero-order valence-electron chi connectivity index (χ0n) is 13.4. The molecule has 6 nitrogen and oxygen atoms in total. The minimum atomic E-state index is 0.311. The van der Waals surface area contributed by atoms with Gasteiger partial charge in [-0.1, -0.05) is 19.8 Å². The highest BCUT2D eigenvalue weighted by molar-refractivity contribution is 5.07. The van der Waals surface area contributed by atoms with Crippen molar-refractivity contribution in [2.75, 3.05) is 19.6 Å². The first-order valence-corrected chi connectivity index (χ1v) is 8.46. The lowest BCUT2D eigenvalue weighted by atomic mass is 9.84. The number of likely N-dealkylation sites (tertiary alicyclic amines) is 1. The lowest BCUT2D eigenvalue weighted by molar-refractivity contribution is 0.0764. The van der Waals surface area contributed by atoms with Gasteiger partial charge in [0, 0.05) is 18.0 Å². The van der Waals surface area contributed by atoms with Gasteiger partial charge in [-0.3, -0.25) is 4.90 Å². The second kappa shape index (κ2) is 6.40. The predicted molar refractivity (Wildman–Crippen MR) is 82.0 cm³/mol. The van der Waals surface area contributed by atoms with Crippen LogP contribution in [-0.2, 0) is 13.5 Å². The molecule has 118 valence electrons. The van der Waals surface area contributed by atoms with Crippen LogP contribution in [0.25, 0.3) is 0 Å². The summed E-state index contributed by atoms with van der Waals surface area (Å²) in [5.74, 6) is 0.869. The van der Waals surface area contributed by atoms with Crippen LogP contribution in [0.5, 0.6) is 0 Å². The van der Waals surface area contributed by atoms with Gasteiger partial charge in [0.25, 0.3) is 0 Å². The van der Waals surface area contributed by atoms with Gasteiger partial charge in [-0.15, -0.1) is 10.2 Å². The summed E-state index contributed by atoms with van der Waals surface area (Å²) >= 11 is 0.